The molecule has 0 saturated carbocycles. The highest BCUT2D eigenvalue weighted by Crippen LogP contribution is 2.31. The van der Waals surface area contributed by atoms with Gasteiger partial charge in [-0.15, -0.1) is 0 Å². The molecule has 0 spiro atoms. The third kappa shape index (κ3) is 4.53. The van der Waals surface area contributed by atoms with Gasteiger partial charge in [0, 0.05) is 37.6 Å². The standard InChI is InChI=1S/C21H21ClFN5O3S/c1-27-12-15(11-24-27)13-4-3-5-14(8-13)19-10-20(28(2)32(30,31)26-19)21(29)25-16-6-7-18(23)17(22)9-16/h3-9,11-12,19-20,26H,10H2,1-2H3,(H,25,29)/t19-,20+/m1/s1. The van der Waals surface area contributed by atoms with Gasteiger partial charge in [0.15, 0.2) is 0 Å². The van der Waals surface area contributed by atoms with Crippen LogP contribution in [0.2, 0.25) is 5.02 Å². The summed E-state index contributed by atoms with van der Waals surface area (Å²) in [5, 5.41) is 6.65. The van der Waals surface area contributed by atoms with Crippen LogP contribution in [0.5, 0.6) is 0 Å². The summed E-state index contributed by atoms with van der Waals surface area (Å²) in [6, 6.07) is 9.62. The highest BCUT2D eigenvalue weighted by atomic mass is 35.5. The molecule has 1 amide bonds. The van der Waals surface area contributed by atoms with Crippen LogP contribution in [0.4, 0.5) is 10.1 Å². The Morgan fingerprint density at radius 2 is 2.00 bits per heavy atom. The normalized spacial score (nSPS) is 20.8. The first-order valence-electron chi connectivity index (χ1n) is 9.74. The predicted molar refractivity (Wildman–Crippen MR) is 120 cm³/mol. The van der Waals surface area contributed by atoms with E-state index in [0.29, 0.717) is 0 Å². The van der Waals surface area contributed by atoms with Crippen LogP contribution >= 0.6 is 11.6 Å². The minimum atomic E-state index is -3.91. The lowest BCUT2D eigenvalue weighted by Crippen LogP contribution is -2.55. The predicted octanol–water partition coefficient (Wildman–Crippen LogP) is 3.10. The molecule has 32 heavy (non-hydrogen) atoms. The SMILES string of the molecule is CN1[C@H](C(=O)Nc2ccc(F)c(Cl)c2)C[C@H](c2cccc(-c3cnn(C)c3)c2)NS1(=O)=O. The fourth-order valence-corrected chi connectivity index (χ4v) is 5.09. The molecule has 0 aliphatic carbocycles. The Morgan fingerprint density at radius 3 is 2.69 bits per heavy atom. The maximum absolute atomic E-state index is 13.4. The van der Waals surface area contributed by atoms with E-state index in [9.17, 15) is 17.6 Å². The molecule has 168 valence electrons. The molecule has 3 aromatic rings. The van der Waals surface area contributed by atoms with Gasteiger partial charge in [0.1, 0.15) is 11.9 Å². The number of nitrogens with one attached hydrogen (secondary N) is 2. The van der Waals surface area contributed by atoms with Crippen LogP contribution < -0.4 is 10.0 Å². The average molecular weight is 478 g/mol. The maximum atomic E-state index is 13.4. The number of halogens is 2. The Balaban J connectivity index is 1.60. The first-order valence-corrected chi connectivity index (χ1v) is 11.6. The lowest BCUT2D eigenvalue weighted by atomic mass is 9.96. The van der Waals surface area contributed by atoms with Crippen molar-refractivity contribution in [1.82, 2.24) is 18.8 Å². The third-order valence-corrected chi connectivity index (χ3v) is 7.27. The molecule has 1 saturated heterocycles. The van der Waals surface area contributed by atoms with Crippen molar-refractivity contribution in [3.05, 3.63) is 71.3 Å². The molecule has 0 unspecified atom stereocenters. The molecule has 0 radical (unpaired) electrons. The topological polar surface area (TPSA) is 96.3 Å². The van der Waals surface area contributed by atoms with Crippen molar-refractivity contribution in [3.8, 4) is 11.1 Å². The lowest BCUT2D eigenvalue weighted by Gasteiger charge is -2.36. The fraction of sp³-hybridized carbons (Fsp3) is 0.238. The van der Waals surface area contributed by atoms with Gasteiger partial charge < -0.3 is 5.32 Å². The number of aryl methyl sites for hydroxylation is 1. The number of hydrogen-bond acceptors (Lipinski definition) is 4. The van der Waals surface area contributed by atoms with Crippen LogP contribution in [-0.4, -0.2) is 41.5 Å². The molecule has 2 N–H and O–H groups in total. The molecule has 2 atom stereocenters. The average Bonchev–Trinajstić information content (AvgIpc) is 3.19. The van der Waals surface area contributed by atoms with E-state index < -0.39 is 34.0 Å². The van der Waals surface area contributed by atoms with Crippen LogP contribution in [-0.2, 0) is 22.1 Å². The molecular formula is C21H21ClFN5O3S. The Hall–Kier alpha value is -2.79. The molecule has 1 aliphatic heterocycles. The number of carbonyl (C=O) groups excluding carboxylic acids is 1. The molecule has 4 rings (SSSR count). The first kappa shape index (κ1) is 22.4. The van der Waals surface area contributed by atoms with Crippen molar-refractivity contribution < 1.29 is 17.6 Å². The summed E-state index contributed by atoms with van der Waals surface area (Å²) in [7, 11) is -0.758. The minimum absolute atomic E-state index is 0.140. The number of benzene rings is 2. The van der Waals surface area contributed by atoms with E-state index in [-0.39, 0.29) is 17.1 Å². The van der Waals surface area contributed by atoms with Crippen molar-refractivity contribution in [2.24, 2.45) is 7.05 Å². The van der Waals surface area contributed by atoms with Crippen LogP contribution in [0.15, 0.2) is 54.9 Å². The zero-order valence-corrected chi connectivity index (χ0v) is 18.9. The van der Waals surface area contributed by atoms with Gasteiger partial charge in [-0.3, -0.25) is 9.48 Å². The molecule has 1 fully saturated rings. The lowest BCUT2D eigenvalue weighted by molar-refractivity contribution is -0.120. The highest BCUT2D eigenvalue weighted by molar-refractivity contribution is 7.87. The van der Waals surface area contributed by atoms with Gasteiger partial charge in [0.05, 0.1) is 11.2 Å². The van der Waals surface area contributed by atoms with E-state index >= 15 is 0 Å². The largest absolute Gasteiger partial charge is 0.325 e. The summed E-state index contributed by atoms with van der Waals surface area (Å²) in [6.07, 6.45) is 3.79. The van der Waals surface area contributed by atoms with Gasteiger partial charge in [0.25, 0.3) is 10.2 Å². The van der Waals surface area contributed by atoms with Gasteiger partial charge in [-0.25, -0.2) is 4.39 Å². The second-order valence-corrected chi connectivity index (χ2v) is 9.76. The van der Waals surface area contributed by atoms with E-state index in [2.05, 4.69) is 15.1 Å². The van der Waals surface area contributed by atoms with E-state index in [1.54, 1.807) is 10.9 Å². The Kier molecular flexibility index (Phi) is 6.04. The molecule has 8 nitrogen and oxygen atoms in total. The van der Waals surface area contributed by atoms with Crippen LogP contribution in [0.3, 0.4) is 0 Å². The van der Waals surface area contributed by atoms with Crippen molar-refractivity contribution in [2.45, 2.75) is 18.5 Å². The molecular weight excluding hydrogens is 457 g/mol. The number of hydrogen-bond donors (Lipinski definition) is 2. The maximum Gasteiger partial charge on any atom is 0.280 e. The van der Waals surface area contributed by atoms with Gasteiger partial charge in [-0.1, -0.05) is 29.8 Å². The monoisotopic (exact) mass is 477 g/mol. The molecule has 1 aliphatic rings. The molecule has 2 aromatic carbocycles. The zero-order chi connectivity index (χ0) is 23.0. The number of aromatic nitrogens is 2. The van der Waals surface area contributed by atoms with Gasteiger partial charge >= 0.3 is 0 Å². The fourth-order valence-electron chi connectivity index (χ4n) is 3.63. The number of likely N-dealkylation sites (N-methyl/N-ethyl adjacent to an activating group) is 1. The summed E-state index contributed by atoms with van der Waals surface area (Å²) in [5.74, 6) is -1.14. The van der Waals surface area contributed by atoms with Crippen molar-refractivity contribution in [2.75, 3.05) is 12.4 Å². The van der Waals surface area contributed by atoms with Crippen LogP contribution in [0.1, 0.15) is 18.0 Å². The summed E-state index contributed by atoms with van der Waals surface area (Å²) >= 11 is 5.78. The molecule has 2 heterocycles. The number of carbonyl (C=O) groups is 1. The van der Waals surface area contributed by atoms with E-state index in [1.165, 1.54) is 19.2 Å². The highest BCUT2D eigenvalue weighted by Gasteiger charge is 2.40. The summed E-state index contributed by atoms with van der Waals surface area (Å²) in [6.45, 7) is 0. The smallest absolute Gasteiger partial charge is 0.280 e. The minimum Gasteiger partial charge on any atom is -0.325 e. The van der Waals surface area contributed by atoms with E-state index in [1.807, 2.05) is 37.5 Å². The number of nitrogens with zero attached hydrogens (tertiary/aromatic N) is 3. The number of amides is 1. The Bertz CT molecular complexity index is 1280. The van der Waals surface area contributed by atoms with Gasteiger partial charge in [-0.2, -0.15) is 22.5 Å². The van der Waals surface area contributed by atoms with Crippen molar-refractivity contribution in [3.63, 3.8) is 0 Å². The van der Waals surface area contributed by atoms with Crippen molar-refractivity contribution in [1.29, 1.82) is 0 Å². The van der Waals surface area contributed by atoms with Gasteiger partial charge in [-0.05, 0) is 41.8 Å². The quantitative estimate of drug-likeness (QED) is 0.603. The molecule has 1 aromatic heterocycles. The molecule has 0 bridgehead atoms. The first-order chi connectivity index (χ1) is 15.1. The van der Waals surface area contributed by atoms with Crippen LogP contribution in [0, 0.1) is 5.82 Å². The number of anilines is 1. The third-order valence-electron chi connectivity index (χ3n) is 5.39. The summed E-state index contributed by atoms with van der Waals surface area (Å²) in [5.41, 5.74) is 2.79. The zero-order valence-electron chi connectivity index (χ0n) is 17.3. The van der Waals surface area contributed by atoms with Crippen LogP contribution in [0.25, 0.3) is 11.1 Å². The Labute approximate surface area is 190 Å². The Morgan fingerprint density at radius 1 is 1.22 bits per heavy atom. The van der Waals surface area contributed by atoms with Gasteiger partial charge in [0.2, 0.25) is 5.91 Å². The number of rotatable bonds is 4. The van der Waals surface area contributed by atoms with Crippen molar-refractivity contribution >= 4 is 33.4 Å². The summed E-state index contributed by atoms with van der Waals surface area (Å²) in [4.78, 5) is 12.9. The second-order valence-electron chi connectivity index (χ2n) is 7.59. The molecule has 11 heteroatoms. The van der Waals surface area contributed by atoms with E-state index in [4.69, 9.17) is 11.6 Å². The second kappa shape index (κ2) is 8.62. The summed E-state index contributed by atoms with van der Waals surface area (Å²) < 4.78 is 44.2. The van der Waals surface area contributed by atoms with E-state index in [0.717, 1.165) is 27.1 Å².